The Morgan fingerprint density at radius 1 is 0.840 bits per heavy atom. The molecule has 0 saturated heterocycles. The van der Waals surface area contributed by atoms with Gasteiger partial charge in [0.25, 0.3) is 0 Å². The monoisotopic (exact) mass is 344 g/mol. The second kappa shape index (κ2) is 7.26. The topological polar surface area (TPSA) is 47.9 Å². The summed E-state index contributed by atoms with van der Waals surface area (Å²) in [5.41, 5.74) is 2.06. The Morgan fingerprint density at radius 3 is 1.96 bits per heavy atom. The van der Waals surface area contributed by atoms with E-state index in [2.05, 4.69) is 34.6 Å². The Balaban J connectivity index is 2.49. The highest BCUT2D eigenvalue weighted by molar-refractivity contribution is 5.56. The first-order chi connectivity index (χ1) is 11.7. The van der Waals surface area contributed by atoms with Gasteiger partial charge in [-0.3, -0.25) is 0 Å². The number of hydrogen-bond acceptors (Lipinski definition) is 4. The minimum atomic E-state index is -0.106. The molecule has 1 N–H and O–H groups in total. The summed E-state index contributed by atoms with van der Waals surface area (Å²) in [4.78, 5) is 0. The van der Waals surface area contributed by atoms with Crippen molar-refractivity contribution in [3.8, 4) is 28.7 Å². The SMILES string of the molecule is COc1cc(C(C)C)ccc1Oc1cc(C(C)(C)C)cc(OC)c1O. The van der Waals surface area contributed by atoms with E-state index in [0.29, 0.717) is 28.9 Å². The van der Waals surface area contributed by atoms with Crippen LogP contribution in [-0.2, 0) is 5.41 Å². The Bertz CT molecular complexity index is 742. The van der Waals surface area contributed by atoms with Crippen molar-refractivity contribution < 1.29 is 19.3 Å². The predicted octanol–water partition coefficient (Wildman–Crippen LogP) is 5.62. The van der Waals surface area contributed by atoms with Crippen molar-refractivity contribution in [2.24, 2.45) is 0 Å². The average molecular weight is 344 g/mol. The highest BCUT2D eigenvalue weighted by atomic mass is 16.5. The number of hydrogen-bond donors (Lipinski definition) is 1. The fraction of sp³-hybridized carbons (Fsp3) is 0.429. The van der Waals surface area contributed by atoms with Crippen LogP contribution in [0.4, 0.5) is 0 Å². The molecule has 0 aliphatic heterocycles. The molecule has 0 spiro atoms. The molecule has 0 aliphatic carbocycles. The van der Waals surface area contributed by atoms with Crippen LogP contribution in [0, 0.1) is 0 Å². The van der Waals surface area contributed by atoms with Crippen LogP contribution in [0.3, 0.4) is 0 Å². The van der Waals surface area contributed by atoms with Crippen LogP contribution in [0.1, 0.15) is 51.7 Å². The quantitative estimate of drug-likeness (QED) is 0.764. The first-order valence-corrected chi connectivity index (χ1v) is 8.44. The van der Waals surface area contributed by atoms with Gasteiger partial charge in [-0.05, 0) is 46.7 Å². The molecular weight excluding hydrogens is 316 g/mol. The Kier molecular flexibility index (Phi) is 5.51. The lowest BCUT2D eigenvalue weighted by Gasteiger charge is -2.22. The summed E-state index contributed by atoms with van der Waals surface area (Å²) in [7, 11) is 3.14. The smallest absolute Gasteiger partial charge is 0.201 e. The van der Waals surface area contributed by atoms with E-state index in [1.54, 1.807) is 7.11 Å². The van der Waals surface area contributed by atoms with Gasteiger partial charge < -0.3 is 19.3 Å². The number of methoxy groups -OCH3 is 2. The van der Waals surface area contributed by atoms with Crippen molar-refractivity contribution in [3.05, 3.63) is 41.5 Å². The van der Waals surface area contributed by atoms with Gasteiger partial charge in [0.05, 0.1) is 14.2 Å². The van der Waals surface area contributed by atoms with Crippen LogP contribution in [-0.4, -0.2) is 19.3 Å². The standard InChI is InChI=1S/C21H28O4/c1-13(2)14-8-9-16(17(10-14)23-6)25-19-12-15(21(3,4)5)11-18(24-7)20(19)22/h8-13,22H,1-7H3. The molecule has 0 atom stereocenters. The molecule has 2 aromatic rings. The molecule has 0 aliphatic rings. The number of rotatable bonds is 5. The summed E-state index contributed by atoms with van der Waals surface area (Å²) >= 11 is 0. The van der Waals surface area contributed by atoms with E-state index in [1.807, 2.05) is 30.3 Å². The number of aromatic hydroxyl groups is 1. The zero-order valence-corrected chi connectivity index (χ0v) is 16.1. The number of ether oxygens (including phenoxy) is 3. The van der Waals surface area contributed by atoms with Crippen LogP contribution < -0.4 is 14.2 Å². The highest BCUT2D eigenvalue weighted by Crippen LogP contribution is 2.44. The van der Waals surface area contributed by atoms with Gasteiger partial charge in [-0.15, -0.1) is 0 Å². The summed E-state index contributed by atoms with van der Waals surface area (Å²) < 4.78 is 16.8. The van der Waals surface area contributed by atoms with Gasteiger partial charge >= 0.3 is 0 Å². The van der Waals surface area contributed by atoms with Gasteiger partial charge in [0.2, 0.25) is 5.75 Å². The van der Waals surface area contributed by atoms with Crippen molar-refractivity contribution in [2.75, 3.05) is 14.2 Å². The Morgan fingerprint density at radius 2 is 1.44 bits per heavy atom. The van der Waals surface area contributed by atoms with Crippen LogP contribution in [0.15, 0.2) is 30.3 Å². The van der Waals surface area contributed by atoms with Gasteiger partial charge in [-0.2, -0.15) is 0 Å². The van der Waals surface area contributed by atoms with E-state index in [1.165, 1.54) is 7.11 Å². The summed E-state index contributed by atoms with van der Waals surface area (Å²) in [6.07, 6.45) is 0. The molecule has 4 heteroatoms. The third-order valence-corrected chi connectivity index (χ3v) is 4.20. The van der Waals surface area contributed by atoms with Crippen molar-refractivity contribution in [3.63, 3.8) is 0 Å². The van der Waals surface area contributed by atoms with E-state index < -0.39 is 0 Å². The van der Waals surface area contributed by atoms with E-state index in [-0.39, 0.29) is 11.2 Å². The zero-order chi connectivity index (χ0) is 18.8. The Labute approximate surface area is 150 Å². The number of phenols is 1. The Hall–Kier alpha value is -2.36. The maximum absolute atomic E-state index is 10.5. The van der Waals surface area contributed by atoms with Crippen molar-refractivity contribution in [1.29, 1.82) is 0 Å². The summed E-state index contributed by atoms with van der Waals surface area (Å²) in [6.45, 7) is 10.5. The number of benzene rings is 2. The first-order valence-electron chi connectivity index (χ1n) is 8.44. The minimum absolute atomic E-state index is 0.0227. The van der Waals surface area contributed by atoms with Gasteiger partial charge in [0.15, 0.2) is 23.0 Å². The highest BCUT2D eigenvalue weighted by Gasteiger charge is 2.21. The molecule has 0 fully saturated rings. The maximum Gasteiger partial charge on any atom is 0.201 e. The second-order valence-corrected chi connectivity index (χ2v) is 7.44. The molecule has 0 unspecified atom stereocenters. The van der Waals surface area contributed by atoms with E-state index in [0.717, 1.165) is 11.1 Å². The van der Waals surface area contributed by atoms with E-state index in [4.69, 9.17) is 14.2 Å². The van der Waals surface area contributed by atoms with Crippen molar-refractivity contribution in [2.45, 2.75) is 46.0 Å². The van der Waals surface area contributed by atoms with Crippen LogP contribution in [0.5, 0.6) is 28.7 Å². The molecule has 25 heavy (non-hydrogen) atoms. The number of phenolic OH excluding ortho intramolecular Hbond substituents is 1. The fourth-order valence-corrected chi connectivity index (χ4v) is 2.49. The first kappa shape index (κ1) is 19.0. The van der Waals surface area contributed by atoms with Gasteiger partial charge in [-0.25, -0.2) is 0 Å². The zero-order valence-electron chi connectivity index (χ0n) is 16.1. The minimum Gasteiger partial charge on any atom is -0.502 e. The van der Waals surface area contributed by atoms with Crippen LogP contribution in [0.25, 0.3) is 0 Å². The van der Waals surface area contributed by atoms with Gasteiger partial charge in [-0.1, -0.05) is 40.7 Å². The normalized spacial score (nSPS) is 11.5. The lowest BCUT2D eigenvalue weighted by molar-refractivity contribution is 0.342. The molecule has 4 nitrogen and oxygen atoms in total. The molecule has 136 valence electrons. The molecule has 0 bridgehead atoms. The molecule has 2 aromatic carbocycles. The van der Waals surface area contributed by atoms with Crippen molar-refractivity contribution >= 4 is 0 Å². The fourth-order valence-electron chi connectivity index (χ4n) is 2.49. The average Bonchev–Trinajstić information content (AvgIpc) is 2.55. The van der Waals surface area contributed by atoms with E-state index >= 15 is 0 Å². The molecule has 0 aromatic heterocycles. The second-order valence-electron chi connectivity index (χ2n) is 7.44. The molecular formula is C21H28O4. The molecule has 0 heterocycles. The summed E-state index contributed by atoms with van der Waals surface area (Å²) in [5, 5.41) is 10.5. The van der Waals surface area contributed by atoms with Crippen molar-refractivity contribution in [1.82, 2.24) is 0 Å². The van der Waals surface area contributed by atoms with Gasteiger partial charge in [0, 0.05) is 0 Å². The molecule has 0 saturated carbocycles. The predicted molar refractivity (Wildman–Crippen MR) is 101 cm³/mol. The van der Waals surface area contributed by atoms with Crippen LogP contribution in [0.2, 0.25) is 0 Å². The maximum atomic E-state index is 10.5. The lowest BCUT2D eigenvalue weighted by atomic mass is 9.86. The van der Waals surface area contributed by atoms with Crippen LogP contribution >= 0.6 is 0 Å². The third-order valence-electron chi connectivity index (χ3n) is 4.20. The molecule has 0 amide bonds. The van der Waals surface area contributed by atoms with E-state index in [9.17, 15) is 5.11 Å². The largest absolute Gasteiger partial charge is 0.502 e. The molecule has 0 radical (unpaired) electrons. The third kappa shape index (κ3) is 4.19. The summed E-state index contributed by atoms with van der Waals surface area (Å²) in [6, 6.07) is 9.51. The lowest BCUT2D eigenvalue weighted by Crippen LogP contribution is -2.11. The summed E-state index contributed by atoms with van der Waals surface area (Å²) in [5.74, 6) is 2.28. The van der Waals surface area contributed by atoms with Gasteiger partial charge in [0.1, 0.15) is 0 Å². The molecule has 2 rings (SSSR count).